The third-order valence-corrected chi connectivity index (χ3v) is 6.57. The maximum atomic E-state index is 13.6. The van der Waals surface area contributed by atoms with Crippen molar-refractivity contribution in [3.05, 3.63) is 76.8 Å². The second-order valence-corrected chi connectivity index (χ2v) is 9.17. The number of aromatic nitrogens is 2. The first-order chi connectivity index (χ1) is 17.3. The Balaban J connectivity index is 1.57. The maximum Gasteiger partial charge on any atom is 0.276 e. The number of hydrogen-bond donors (Lipinski definition) is 2. The molecule has 0 fully saturated rings. The number of hydrogen-bond acceptors (Lipinski definition) is 5. The Morgan fingerprint density at radius 2 is 1.89 bits per heavy atom. The van der Waals surface area contributed by atoms with Crippen LogP contribution in [0.25, 0.3) is 0 Å². The lowest BCUT2D eigenvalue weighted by Gasteiger charge is -2.43. The quantitative estimate of drug-likeness (QED) is 0.481. The Morgan fingerprint density at radius 3 is 2.56 bits per heavy atom. The fraction of sp³-hybridized carbons (Fsp3) is 0.308. The normalized spacial score (nSPS) is 16.9. The zero-order chi connectivity index (χ0) is 25.9. The van der Waals surface area contributed by atoms with Crippen molar-refractivity contribution in [2.24, 2.45) is 0 Å². The minimum atomic E-state index is -1.16. The van der Waals surface area contributed by atoms with E-state index in [0.29, 0.717) is 30.2 Å². The summed E-state index contributed by atoms with van der Waals surface area (Å²) in [7, 11) is 1.59. The standard InChI is InChI=1S/C26H28ClN5O4/c1-4-13-32-24(34)22-21(23(33)30-20-8-6-5-7-19(20)27)29-16-31(22)15-26(32,2)25(35)28-14-17-9-11-18(36-3)12-10-17/h5-12,16H,4,13-15H2,1-3H3,(H,28,35)(H,30,33)/t26-/m1/s1. The molecule has 0 aliphatic carbocycles. The highest BCUT2D eigenvalue weighted by Crippen LogP contribution is 2.30. The van der Waals surface area contributed by atoms with E-state index in [4.69, 9.17) is 16.3 Å². The molecule has 3 amide bonds. The van der Waals surface area contributed by atoms with Gasteiger partial charge in [0.15, 0.2) is 5.69 Å². The molecule has 1 aliphatic rings. The zero-order valence-electron chi connectivity index (χ0n) is 20.4. The van der Waals surface area contributed by atoms with E-state index >= 15 is 0 Å². The third kappa shape index (κ3) is 4.79. The molecule has 4 rings (SSSR count). The van der Waals surface area contributed by atoms with E-state index in [1.54, 1.807) is 42.9 Å². The topological polar surface area (TPSA) is 106 Å². The molecular weight excluding hydrogens is 482 g/mol. The summed E-state index contributed by atoms with van der Waals surface area (Å²) in [5, 5.41) is 6.04. The van der Waals surface area contributed by atoms with Gasteiger partial charge in [-0.15, -0.1) is 0 Å². The molecule has 36 heavy (non-hydrogen) atoms. The smallest absolute Gasteiger partial charge is 0.276 e. The summed E-state index contributed by atoms with van der Waals surface area (Å²) in [5.41, 5.74) is 0.292. The number of nitrogens with zero attached hydrogens (tertiary/aromatic N) is 3. The summed E-state index contributed by atoms with van der Waals surface area (Å²) in [6.07, 6.45) is 2.06. The van der Waals surface area contributed by atoms with E-state index in [1.165, 1.54) is 11.2 Å². The lowest BCUT2D eigenvalue weighted by molar-refractivity contribution is -0.133. The largest absolute Gasteiger partial charge is 0.497 e. The van der Waals surface area contributed by atoms with Gasteiger partial charge in [0, 0.05) is 13.1 Å². The number of fused-ring (bicyclic) bond motifs is 1. The van der Waals surface area contributed by atoms with Crippen molar-refractivity contribution in [2.75, 3.05) is 19.0 Å². The number of halogens is 1. The molecule has 1 aromatic heterocycles. The number of carbonyl (C=O) groups excluding carboxylic acids is 3. The van der Waals surface area contributed by atoms with E-state index < -0.39 is 17.4 Å². The van der Waals surface area contributed by atoms with Crippen molar-refractivity contribution in [2.45, 2.75) is 38.9 Å². The average Bonchev–Trinajstić information content (AvgIpc) is 3.30. The van der Waals surface area contributed by atoms with Gasteiger partial charge in [0.1, 0.15) is 17.0 Å². The van der Waals surface area contributed by atoms with Crippen molar-refractivity contribution in [1.29, 1.82) is 0 Å². The molecule has 10 heteroatoms. The van der Waals surface area contributed by atoms with Crippen LogP contribution in [-0.4, -0.2) is 51.4 Å². The van der Waals surface area contributed by atoms with Crippen molar-refractivity contribution in [3.63, 3.8) is 0 Å². The molecule has 0 bridgehead atoms. The van der Waals surface area contributed by atoms with Gasteiger partial charge in [-0.25, -0.2) is 4.98 Å². The number of ether oxygens (including phenoxy) is 1. The van der Waals surface area contributed by atoms with Gasteiger partial charge in [-0.05, 0) is 43.2 Å². The number of amides is 3. The summed E-state index contributed by atoms with van der Waals surface area (Å²) >= 11 is 6.16. The molecule has 3 aromatic rings. The Labute approximate surface area is 214 Å². The lowest BCUT2D eigenvalue weighted by atomic mass is 9.93. The second-order valence-electron chi connectivity index (χ2n) is 8.77. The first-order valence-corrected chi connectivity index (χ1v) is 12.0. The van der Waals surface area contributed by atoms with Crippen molar-refractivity contribution >= 4 is 35.0 Å². The number of rotatable bonds is 8. The van der Waals surface area contributed by atoms with Crippen LogP contribution in [0.5, 0.6) is 5.75 Å². The Morgan fingerprint density at radius 1 is 1.17 bits per heavy atom. The van der Waals surface area contributed by atoms with Gasteiger partial charge in [0.2, 0.25) is 5.91 Å². The molecule has 188 valence electrons. The van der Waals surface area contributed by atoms with Gasteiger partial charge >= 0.3 is 0 Å². The third-order valence-electron chi connectivity index (χ3n) is 6.25. The van der Waals surface area contributed by atoms with E-state index in [9.17, 15) is 14.4 Å². The lowest BCUT2D eigenvalue weighted by Crippen LogP contribution is -2.64. The van der Waals surface area contributed by atoms with Crippen LogP contribution in [-0.2, 0) is 17.9 Å². The van der Waals surface area contributed by atoms with Gasteiger partial charge in [-0.2, -0.15) is 0 Å². The minimum Gasteiger partial charge on any atom is -0.497 e. The van der Waals surface area contributed by atoms with E-state index in [0.717, 1.165) is 11.3 Å². The molecule has 0 radical (unpaired) electrons. The van der Waals surface area contributed by atoms with Gasteiger partial charge in [0.05, 0.1) is 30.7 Å². The van der Waals surface area contributed by atoms with Gasteiger partial charge in [0.25, 0.3) is 11.8 Å². The van der Waals surface area contributed by atoms with Gasteiger partial charge in [-0.1, -0.05) is 42.8 Å². The number of nitrogens with one attached hydrogen (secondary N) is 2. The van der Waals surface area contributed by atoms with E-state index in [2.05, 4.69) is 15.6 Å². The van der Waals surface area contributed by atoms with Crippen LogP contribution in [0.3, 0.4) is 0 Å². The predicted octanol–water partition coefficient (Wildman–Crippen LogP) is 3.74. The minimum absolute atomic E-state index is 0.0123. The molecule has 0 unspecified atom stereocenters. The van der Waals surface area contributed by atoms with E-state index in [1.807, 2.05) is 31.2 Å². The first-order valence-electron chi connectivity index (χ1n) is 11.6. The summed E-state index contributed by atoms with van der Waals surface area (Å²) in [4.78, 5) is 45.8. The SMILES string of the molecule is CCCN1C(=O)c2c(C(=O)Nc3ccccc3Cl)ncn2C[C@]1(C)C(=O)NCc1ccc(OC)cc1. The van der Waals surface area contributed by atoms with Crippen LogP contribution in [0.1, 0.15) is 46.8 Å². The van der Waals surface area contributed by atoms with Crippen LogP contribution >= 0.6 is 11.6 Å². The molecule has 0 spiro atoms. The van der Waals surface area contributed by atoms with Crippen molar-refractivity contribution in [3.8, 4) is 5.75 Å². The van der Waals surface area contributed by atoms with Gasteiger partial charge < -0.3 is 24.8 Å². The Hall–Kier alpha value is -3.85. The number of imidazole rings is 1. The number of methoxy groups -OCH3 is 1. The molecule has 0 saturated carbocycles. The van der Waals surface area contributed by atoms with Crippen LogP contribution in [0.2, 0.25) is 5.02 Å². The number of carbonyl (C=O) groups is 3. The fourth-order valence-electron chi connectivity index (χ4n) is 4.29. The highest BCUT2D eigenvalue weighted by molar-refractivity contribution is 6.34. The molecule has 9 nitrogen and oxygen atoms in total. The predicted molar refractivity (Wildman–Crippen MR) is 136 cm³/mol. The number of anilines is 1. The summed E-state index contributed by atoms with van der Waals surface area (Å²) in [6.45, 7) is 4.47. The maximum absolute atomic E-state index is 13.6. The molecule has 1 atom stereocenters. The highest BCUT2D eigenvalue weighted by Gasteiger charge is 2.48. The molecule has 2 heterocycles. The molecule has 1 aliphatic heterocycles. The number of benzene rings is 2. The summed E-state index contributed by atoms with van der Waals surface area (Å²) in [6, 6.07) is 14.2. The summed E-state index contributed by atoms with van der Waals surface area (Å²) in [5.74, 6) is -0.534. The second kappa shape index (κ2) is 10.4. The fourth-order valence-corrected chi connectivity index (χ4v) is 4.47. The molecule has 2 N–H and O–H groups in total. The highest BCUT2D eigenvalue weighted by atomic mass is 35.5. The molecule has 0 saturated heterocycles. The van der Waals surface area contributed by atoms with Crippen molar-refractivity contribution < 1.29 is 19.1 Å². The van der Waals surface area contributed by atoms with E-state index in [-0.39, 0.29) is 23.8 Å². The average molecular weight is 510 g/mol. The zero-order valence-corrected chi connectivity index (χ0v) is 21.1. The monoisotopic (exact) mass is 509 g/mol. The van der Waals surface area contributed by atoms with Crippen LogP contribution in [0.4, 0.5) is 5.69 Å². The molecule has 2 aromatic carbocycles. The first kappa shape index (κ1) is 25.2. The van der Waals surface area contributed by atoms with Crippen LogP contribution < -0.4 is 15.4 Å². The van der Waals surface area contributed by atoms with Crippen LogP contribution in [0, 0.1) is 0 Å². The summed E-state index contributed by atoms with van der Waals surface area (Å²) < 4.78 is 6.75. The van der Waals surface area contributed by atoms with Gasteiger partial charge in [-0.3, -0.25) is 14.4 Å². The Bertz CT molecular complexity index is 1290. The Kier molecular flexibility index (Phi) is 7.30. The molecular formula is C26H28ClN5O4. The van der Waals surface area contributed by atoms with Crippen molar-refractivity contribution in [1.82, 2.24) is 19.8 Å². The van der Waals surface area contributed by atoms with Crippen LogP contribution in [0.15, 0.2) is 54.9 Å². The number of para-hydroxylation sites is 1.